The van der Waals surface area contributed by atoms with Crippen LogP contribution in [-0.4, -0.2) is 29.7 Å². The molecule has 0 aliphatic carbocycles. The van der Waals surface area contributed by atoms with Crippen LogP contribution in [0.4, 0.5) is 5.95 Å². The molecule has 7 heteroatoms. The monoisotopic (exact) mass is 323 g/mol. The largest absolute Gasteiger partial charge is 0.497 e. The zero-order valence-electron chi connectivity index (χ0n) is 13.4. The Morgan fingerprint density at radius 3 is 2.75 bits per heavy atom. The number of benzene rings is 2. The summed E-state index contributed by atoms with van der Waals surface area (Å²) in [7, 11) is 3.26. The number of aliphatic imine (C=N–C) groups is 1. The van der Waals surface area contributed by atoms with Crippen molar-refractivity contribution in [3.63, 3.8) is 0 Å². The molecular formula is C17H17N5O2. The van der Waals surface area contributed by atoms with Gasteiger partial charge >= 0.3 is 0 Å². The van der Waals surface area contributed by atoms with Crippen molar-refractivity contribution in [2.24, 2.45) is 10.7 Å². The molecule has 0 spiro atoms. The second kappa shape index (κ2) is 5.45. The molecule has 0 unspecified atom stereocenters. The van der Waals surface area contributed by atoms with E-state index in [2.05, 4.69) is 15.3 Å². The third-order valence-electron chi connectivity index (χ3n) is 4.06. The topological polar surface area (TPSA) is 86.7 Å². The fourth-order valence-electron chi connectivity index (χ4n) is 2.97. The van der Waals surface area contributed by atoms with Crippen LogP contribution in [0.2, 0.25) is 0 Å². The van der Waals surface area contributed by atoms with E-state index in [0.717, 1.165) is 22.3 Å². The van der Waals surface area contributed by atoms with Gasteiger partial charge in [0.15, 0.2) is 12.1 Å². The molecule has 1 aliphatic rings. The summed E-state index contributed by atoms with van der Waals surface area (Å²) in [6.07, 6.45) is -0.390. The zero-order valence-corrected chi connectivity index (χ0v) is 13.4. The summed E-state index contributed by atoms with van der Waals surface area (Å²) in [5, 5.41) is 3.02. The maximum absolute atomic E-state index is 5.97. The first-order chi connectivity index (χ1) is 11.7. The fourth-order valence-corrected chi connectivity index (χ4v) is 2.97. The summed E-state index contributed by atoms with van der Waals surface area (Å²) in [5.74, 6) is 2.40. The van der Waals surface area contributed by atoms with E-state index >= 15 is 0 Å². The van der Waals surface area contributed by atoms with Crippen molar-refractivity contribution < 1.29 is 9.47 Å². The van der Waals surface area contributed by atoms with Gasteiger partial charge in [0.05, 0.1) is 25.3 Å². The van der Waals surface area contributed by atoms with Gasteiger partial charge in [0.2, 0.25) is 5.95 Å². The maximum Gasteiger partial charge on any atom is 0.212 e. The average Bonchev–Trinajstić information content (AvgIpc) is 2.98. The molecule has 7 nitrogen and oxygen atoms in total. The number of nitrogens with two attached hydrogens (primary N) is 1. The van der Waals surface area contributed by atoms with Crippen LogP contribution in [0.5, 0.6) is 11.5 Å². The first-order valence-corrected chi connectivity index (χ1v) is 7.50. The maximum atomic E-state index is 5.97. The van der Waals surface area contributed by atoms with Gasteiger partial charge in [-0.2, -0.15) is 0 Å². The highest BCUT2D eigenvalue weighted by Crippen LogP contribution is 2.37. The number of methoxy groups -OCH3 is 2. The van der Waals surface area contributed by atoms with Crippen LogP contribution >= 0.6 is 0 Å². The molecule has 3 N–H and O–H groups in total. The van der Waals surface area contributed by atoms with Crippen molar-refractivity contribution in [2.45, 2.75) is 6.17 Å². The summed E-state index contributed by atoms with van der Waals surface area (Å²) in [6, 6.07) is 13.5. The lowest BCUT2D eigenvalue weighted by Crippen LogP contribution is -2.31. The number of aromatic nitrogens is 2. The van der Waals surface area contributed by atoms with Crippen LogP contribution in [0.25, 0.3) is 11.0 Å². The lowest BCUT2D eigenvalue weighted by Gasteiger charge is -2.25. The van der Waals surface area contributed by atoms with Crippen molar-refractivity contribution in [2.75, 3.05) is 19.5 Å². The first-order valence-electron chi connectivity index (χ1n) is 7.50. The number of nitrogens with one attached hydrogen (secondary N) is 1. The molecule has 2 heterocycles. The molecule has 0 bridgehead atoms. The first kappa shape index (κ1) is 14.4. The van der Waals surface area contributed by atoms with E-state index in [1.807, 2.05) is 47.0 Å². The van der Waals surface area contributed by atoms with Crippen LogP contribution in [0.1, 0.15) is 11.7 Å². The van der Waals surface area contributed by atoms with Gasteiger partial charge < -0.3 is 15.2 Å². The van der Waals surface area contributed by atoms with E-state index in [4.69, 9.17) is 15.2 Å². The third kappa shape index (κ3) is 2.13. The van der Waals surface area contributed by atoms with Gasteiger partial charge in [0.25, 0.3) is 0 Å². The standard InChI is InChI=1S/C17H17N5O2/c1-23-10-7-8-14(24-2)11(9-10)15-20-16(18)21-17-19-12-5-3-4-6-13(12)22(15)17/h3-9,15H,1-2H3,(H3,18,19,20,21)/t15-/m0/s1. The number of nitrogens with zero attached hydrogens (tertiary/aromatic N) is 3. The molecular weight excluding hydrogens is 306 g/mol. The minimum Gasteiger partial charge on any atom is -0.497 e. The molecule has 4 rings (SSSR count). The Hall–Kier alpha value is -3.22. The number of fused-ring (bicyclic) bond motifs is 3. The molecule has 0 radical (unpaired) electrons. The molecule has 2 aromatic carbocycles. The van der Waals surface area contributed by atoms with E-state index in [1.165, 1.54) is 0 Å². The zero-order chi connectivity index (χ0) is 16.7. The number of ether oxygens (including phenoxy) is 2. The summed E-state index contributed by atoms with van der Waals surface area (Å²) in [5.41, 5.74) is 8.66. The molecule has 0 fully saturated rings. The molecule has 0 amide bonds. The summed E-state index contributed by atoms with van der Waals surface area (Å²) in [4.78, 5) is 9.17. The summed E-state index contributed by atoms with van der Waals surface area (Å²) in [6.45, 7) is 0. The van der Waals surface area contributed by atoms with Crippen molar-refractivity contribution in [1.82, 2.24) is 9.55 Å². The van der Waals surface area contributed by atoms with Gasteiger partial charge in [-0.15, -0.1) is 0 Å². The number of rotatable bonds is 3. The quantitative estimate of drug-likeness (QED) is 0.772. The Labute approximate surface area is 138 Å². The smallest absolute Gasteiger partial charge is 0.212 e. The Balaban J connectivity index is 1.97. The number of hydrogen-bond acceptors (Lipinski definition) is 6. The molecule has 1 aromatic heterocycles. The Morgan fingerprint density at radius 1 is 1.12 bits per heavy atom. The van der Waals surface area contributed by atoms with Crippen LogP contribution in [-0.2, 0) is 0 Å². The van der Waals surface area contributed by atoms with E-state index in [0.29, 0.717) is 17.7 Å². The fraction of sp³-hybridized carbons (Fsp3) is 0.176. The molecule has 0 saturated carbocycles. The van der Waals surface area contributed by atoms with Gasteiger partial charge in [-0.3, -0.25) is 9.88 Å². The second-order valence-corrected chi connectivity index (χ2v) is 5.42. The minimum atomic E-state index is -0.390. The Morgan fingerprint density at radius 2 is 1.96 bits per heavy atom. The highest BCUT2D eigenvalue weighted by molar-refractivity contribution is 5.94. The highest BCUT2D eigenvalue weighted by atomic mass is 16.5. The average molecular weight is 323 g/mol. The normalized spacial score (nSPS) is 16.2. The molecule has 3 aromatic rings. The van der Waals surface area contributed by atoms with Crippen LogP contribution < -0.4 is 20.5 Å². The number of hydrogen-bond donors (Lipinski definition) is 2. The predicted molar refractivity (Wildman–Crippen MR) is 92.7 cm³/mol. The van der Waals surface area contributed by atoms with E-state index in [-0.39, 0.29) is 0 Å². The number of anilines is 1. The van der Waals surface area contributed by atoms with Crippen LogP contribution in [0.3, 0.4) is 0 Å². The van der Waals surface area contributed by atoms with Gasteiger partial charge in [0, 0.05) is 5.56 Å². The summed E-state index contributed by atoms with van der Waals surface area (Å²) < 4.78 is 12.9. The van der Waals surface area contributed by atoms with Crippen molar-refractivity contribution in [1.29, 1.82) is 0 Å². The van der Waals surface area contributed by atoms with E-state index in [1.54, 1.807) is 14.2 Å². The number of para-hydroxylation sites is 2. The Bertz CT molecular complexity index is 947. The molecule has 24 heavy (non-hydrogen) atoms. The minimum absolute atomic E-state index is 0.313. The van der Waals surface area contributed by atoms with E-state index < -0.39 is 6.17 Å². The number of guanidine groups is 1. The number of imidazole rings is 1. The van der Waals surface area contributed by atoms with E-state index in [9.17, 15) is 0 Å². The molecule has 1 aliphatic heterocycles. The summed E-state index contributed by atoms with van der Waals surface area (Å²) >= 11 is 0. The van der Waals surface area contributed by atoms with Gasteiger partial charge in [-0.25, -0.2) is 9.98 Å². The lowest BCUT2D eigenvalue weighted by atomic mass is 10.1. The van der Waals surface area contributed by atoms with Crippen LogP contribution in [0, 0.1) is 0 Å². The molecule has 1 atom stereocenters. The van der Waals surface area contributed by atoms with Gasteiger partial charge in [0.1, 0.15) is 11.5 Å². The van der Waals surface area contributed by atoms with Crippen LogP contribution in [0.15, 0.2) is 47.5 Å². The SMILES string of the molecule is COc1ccc(OC)c([C@H]2N=C(N)Nc3nc4ccccc4n32)c1. The predicted octanol–water partition coefficient (Wildman–Crippen LogP) is 2.34. The van der Waals surface area contributed by atoms with Crippen molar-refractivity contribution >= 4 is 22.9 Å². The van der Waals surface area contributed by atoms with Crippen molar-refractivity contribution in [3.05, 3.63) is 48.0 Å². The molecule has 0 saturated heterocycles. The second-order valence-electron chi connectivity index (χ2n) is 5.42. The van der Waals surface area contributed by atoms with Gasteiger partial charge in [-0.05, 0) is 30.3 Å². The highest BCUT2D eigenvalue weighted by Gasteiger charge is 2.27. The molecule has 122 valence electrons. The lowest BCUT2D eigenvalue weighted by molar-refractivity contribution is 0.392. The van der Waals surface area contributed by atoms with Gasteiger partial charge in [-0.1, -0.05) is 12.1 Å². The van der Waals surface area contributed by atoms with Crippen molar-refractivity contribution in [3.8, 4) is 11.5 Å². The Kier molecular flexibility index (Phi) is 3.26. The third-order valence-corrected chi connectivity index (χ3v) is 4.06.